The first-order valence-corrected chi connectivity index (χ1v) is 7.05. The van der Waals surface area contributed by atoms with Crippen LogP contribution in [0.5, 0.6) is 5.75 Å². The number of hydrogen-bond acceptors (Lipinski definition) is 5. The van der Waals surface area contributed by atoms with Crippen molar-refractivity contribution in [2.24, 2.45) is 0 Å². The quantitative estimate of drug-likeness (QED) is 0.580. The highest BCUT2D eigenvalue weighted by Gasteiger charge is 2.54. The largest absolute Gasteiger partial charge is 0.540 e. The van der Waals surface area contributed by atoms with E-state index in [0.717, 1.165) is 19.2 Å². The van der Waals surface area contributed by atoms with E-state index in [1.54, 1.807) is 0 Å². The molecule has 0 saturated heterocycles. The zero-order valence-electron chi connectivity index (χ0n) is 12.4. The van der Waals surface area contributed by atoms with E-state index in [1.165, 1.54) is 18.2 Å². The predicted molar refractivity (Wildman–Crippen MR) is 76.6 cm³/mol. The van der Waals surface area contributed by atoms with E-state index in [4.69, 9.17) is 11.6 Å². The number of methoxy groups -OCH3 is 1. The van der Waals surface area contributed by atoms with Crippen molar-refractivity contribution in [3.63, 3.8) is 0 Å². The minimum absolute atomic E-state index is 0.00481. The standard InChI is InChI=1S/C15H8ClF4NO4/c1-23-13(22)12-9(16)3-4-10(21-12)7-2-5-11-8(6-7)14(17,18)25-15(19,20)24-11/h2-6H,1H3. The van der Waals surface area contributed by atoms with Crippen molar-refractivity contribution in [1.29, 1.82) is 0 Å². The van der Waals surface area contributed by atoms with Crippen molar-refractivity contribution in [1.82, 2.24) is 4.98 Å². The van der Waals surface area contributed by atoms with Gasteiger partial charge < -0.3 is 9.47 Å². The van der Waals surface area contributed by atoms with E-state index in [-0.39, 0.29) is 22.0 Å². The number of esters is 1. The number of aromatic nitrogens is 1. The molecular formula is C15H8ClF4NO4. The average Bonchev–Trinajstić information content (AvgIpc) is 2.52. The smallest absolute Gasteiger partial charge is 0.464 e. The molecule has 0 unspecified atom stereocenters. The summed E-state index contributed by atoms with van der Waals surface area (Å²) in [6, 6.07) is 5.74. The van der Waals surface area contributed by atoms with Gasteiger partial charge in [0.05, 0.1) is 23.4 Å². The van der Waals surface area contributed by atoms with Gasteiger partial charge in [-0.2, -0.15) is 8.78 Å². The van der Waals surface area contributed by atoms with Crippen LogP contribution in [0.1, 0.15) is 16.1 Å². The molecule has 1 aliphatic rings. The Balaban J connectivity index is 2.08. The lowest BCUT2D eigenvalue weighted by Crippen LogP contribution is -2.41. The van der Waals surface area contributed by atoms with Gasteiger partial charge in [-0.1, -0.05) is 11.6 Å². The van der Waals surface area contributed by atoms with Crippen LogP contribution in [0.4, 0.5) is 17.6 Å². The first-order chi connectivity index (χ1) is 11.6. The zero-order valence-corrected chi connectivity index (χ0v) is 13.1. The number of nitrogens with zero attached hydrogens (tertiary/aromatic N) is 1. The Morgan fingerprint density at radius 3 is 2.60 bits per heavy atom. The van der Waals surface area contributed by atoms with Crippen LogP contribution in [0.2, 0.25) is 5.02 Å². The topological polar surface area (TPSA) is 57.7 Å². The second kappa shape index (κ2) is 5.85. The lowest BCUT2D eigenvalue weighted by Gasteiger charge is -2.30. The molecule has 0 spiro atoms. The van der Waals surface area contributed by atoms with Gasteiger partial charge in [-0.25, -0.2) is 14.5 Å². The second-order valence-electron chi connectivity index (χ2n) is 4.91. The van der Waals surface area contributed by atoms with Gasteiger partial charge in [0.25, 0.3) is 0 Å². The molecule has 0 amide bonds. The first kappa shape index (κ1) is 17.4. The van der Waals surface area contributed by atoms with E-state index in [2.05, 4.69) is 19.2 Å². The molecule has 1 aromatic carbocycles. The summed E-state index contributed by atoms with van der Waals surface area (Å²) in [7, 11) is 1.13. The molecule has 5 nitrogen and oxygen atoms in total. The summed E-state index contributed by atoms with van der Waals surface area (Å²) in [5.41, 5.74) is -0.907. The van der Waals surface area contributed by atoms with E-state index in [1.807, 2.05) is 0 Å². The molecule has 1 aliphatic heterocycles. The van der Waals surface area contributed by atoms with Gasteiger partial charge >= 0.3 is 18.4 Å². The van der Waals surface area contributed by atoms with Crippen LogP contribution in [0.3, 0.4) is 0 Å². The van der Waals surface area contributed by atoms with Crippen molar-refractivity contribution >= 4 is 17.6 Å². The van der Waals surface area contributed by atoms with E-state index >= 15 is 0 Å². The Hall–Kier alpha value is -2.39. The average molecular weight is 378 g/mol. The fourth-order valence-corrected chi connectivity index (χ4v) is 2.38. The van der Waals surface area contributed by atoms with Crippen molar-refractivity contribution < 1.29 is 36.6 Å². The molecule has 2 aromatic rings. The maximum absolute atomic E-state index is 13.8. The number of fused-ring (bicyclic) bond motifs is 1. The maximum Gasteiger partial charge on any atom is 0.540 e. The molecule has 2 heterocycles. The molecule has 0 radical (unpaired) electrons. The lowest BCUT2D eigenvalue weighted by atomic mass is 10.0. The van der Waals surface area contributed by atoms with Gasteiger partial charge in [-0.3, -0.25) is 0 Å². The number of pyridine rings is 1. The number of carbonyl (C=O) groups is 1. The summed E-state index contributed by atoms with van der Waals surface area (Å²) < 4.78 is 65.7. The molecule has 1 aromatic heterocycles. The predicted octanol–water partition coefficient (Wildman–Crippen LogP) is 4.20. The van der Waals surface area contributed by atoms with E-state index < -0.39 is 29.7 Å². The summed E-state index contributed by atoms with van der Waals surface area (Å²) in [6.07, 6.45) is -8.72. The molecule has 0 atom stereocenters. The summed E-state index contributed by atoms with van der Waals surface area (Å²) >= 11 is 5.84. The number of ether oxygens (including phenoxy) is 3. The van der Waals surface area contributed by atoms with Gasteiger partial charge in [-0.05, 0) is 30.3 Å². The van der Waals surface area contributed by atoms with Crippen LogP contribution in [0.25, 0.3) is 11.3 Å². The van der Waals surface area contributed by atoms with E-state index in [0.29, 0.717) is 0 Å². The van der Waals surface area contributed by atoms with Gasteiger partial charge in [0, 0.05) is 5.56 Å². The van der Waals surface area contributed by atoms with Crippen LogP contribution >= 0.6 is 11.6 Å². The zero-order chi connectivity index (χ0) is 18.4. The first-order valence-electron chi connectivity index (χ1n) is 6.67. The number of alkyl halides is 4. The third kappa shape index (κ3) is 3.24. The summed E-state index contributed by atoms with van der Waals surface area (Å²) in [6.45, 7) is 0. The Kier molecular flexibility index (Phi) is 4.08. The highest BCUT2D eigenvalue weighted by Crippen LogP contribution is 2.47. The molecule has 0 aliphatic carbocycles. The lowest BCUT2D eigenvalue weighted by molar-refractivity contribution is -0.461. The van der Waals surface area contributed by atoms with Crippen molar-refractivity contribution in [3.8, 4) is 17.0 Å². The van der Waals surface area contributed by atoms with Crippen LogP contribution in [0.15, 0.2) is 30.3 Å². The monoisotopic (exact) mass is 377 g/mol. The normalized spacial score (nSPS) is 17.4. The van der Waals surface area contributed by atoms with Crippen LogP contribution in [-0.4, -0.2) is 24.4 Å². The van der Waals surface area contributed by atoms with Gasteiger partial charge in [0.1, 0.15) is 5.75 Å². The third-order valence-corrected chi connectivity index (χ3v) is 3.59. The number of benzene rings is 1. The Labute approximate surface area is 143 Å². The van der Waals surface area contributed by atoms with Gasteiger partial charge in [0.2, 0.25) is 0 Å². The molecule has 0 N–H and O–H groups in total. The number of halogens is 5. The van der Waals surface area contributed by atoms with Gasteiger partial charge in [-0.15, -0.1) is 8.78 Å². The summed E-state index contributed by atoms with van der Waals surface area (Å²) in [5, 5.41) is 0.00481. The number of carbonyl (C=O) groups excluding carboxylic acids is 1. The van der Waals surface area contributed by atoms with E-state index in [9.17, 15) is 22.4 Å². The molecule has 3 rings (SSSR count). The molecule has 0 saturated carbocycles. The molecule has 0 fully saturated rings. The highest BCUT2D eigenvalue weighted by atomic mass is 35.5. The molecule has 0 bridgehead atoms. The highest BCUT2D eigenvalue weighted by molar-refractivity contribution is 6.33. The third-order valence-electron chi connectivity index (χ3n) is 3.29. The van der Waals surface area contributed by atoms with Gasteiger partial charge in [0.15, 0.2) is 5.69 Å². The Morgan fingerprint density at radius 2 is 1.92 bits per heavy atom. The molecule has 132 valence electrons. The number of rotatable bonds is 2. The van der Waals surface area contributed by atoms with Crippen molar-refractivity contribution in [2.45, 2.75) is 12.4 Å². The summed E-state index contributed by atoms with van der Waals surface area (Å²) in [4.78, 5) is 15.6. The van der Waals surface area contributed by atoms with Crippen LogP contribution in [-0.2, 0) is 15.6 Å². The SMILES string of the molecule is COC(=O)c1nc(-c2ccc3c(c2)C(F)(F)OC(F)(F)O3)ccc1Cl. The Morgan fingerprint density at radius 1 is 1.20 bits per heavy atom. The minimum Gasteiger partial charge on any atom is -0.464 e. The maximum atomic E-state index is 13.8. The fourth-order valence-electron chi connectivity index (χ4n) is 2.20. The summed E-state index contributed by atoms with van der Waals surface area (Å²) in [5.74, 6) is -1.55. The van der Waals surface area contributed by atoms with Crippen molar-refractivity contribution in [2.75, 3.05) is 7.11 Å². The second-order valence-corrected chi connectivity index (χ2v) is 5.32. The minimum atomic E-state index is -4.45. The van der Waals surface area contributed by atoms with Crippen LogP contribution in [0, 0.1) is 0 Å². The molecule has 10 heteroatoms. The Bertz CT molecular complexity index is 859. The van der Waals surface area contributed by atoms with Crippen LogP contribution < -0.4 is 4.74 Å². The molecular weight excluding hydrogens is 370 g/mol. The van der Waals surface area contributed by atoms with Crippen molar-refractivity contribution in [3.05, 3.63) is 46.6 Å². The molecule has 25 heavy (non-hydrogen) atoms. The number of hydrogen-bond donors (Lipinski definition) is 0. The fraction of sp³-hybridized carbons (Fsp3) is 0.200.